The van der Waals surface area contributed by atoms with Crippen molar-refractivity contribution in [2.75, 3.05) is 12.4 Å². The van der Waals surface area contributed by atoms with Crippen LogP contribution in [0.3, 0.4) is 0 Å². The van der Waals surface area contributed by atoms with Crippen LogP contribution in [0.1, 0.15) is 31.1 Å². The average Bonchev–Trinajstić information content (AvgIpc) is 2.27. The highest BCUT2D eigenvalue weighted by molar-refractivity contribution is 7.92. The van der Waals surface area contributed by atoms with Crippen molar-refractivity contribution >= 4 is 15.8 Å². The van der Waals surface area contributed by atoms with Crippen molar-refractivity contribution in [1.82, 2.24) is 0 Å². The average molecular weight is 286 g/mol. The van der Waals surface area contributed by atoms with E-state index in [9.17, 15) is 13.2 Å². The van der Waals surface area contributed by atoms with Crippen molar-refractivity contribution in [2.24, 2.45) is 0 Å². The number of carboxylic acids is 1. The first-order valence-corrected chi connectivity index (χ1v) is 7.47. The lowest BCUT2D eigenvalue weighted by Crippen LogP contribution is -2.32. The summed E-state index contributed by atoms with van der Waals surface area (Å²) in [6, 6.07) is 5.96. The molecule has 0 radical (unpaired) electrons. The molecule has 0 unspecified atom stereocenters. The lowest BCUT2D eigenvalue weighted by molar-refractivity contribution is 0.0696. The minimum Gasteiger partial charge on any atom is -0.493 e. The summed E-state index contributed by atoms with van der Waals surface area (Å²) in [7, 11) is -3.24. The first kappa shape index (κ1) is 15.5. The molecule has 1 aromatic carbocycles. The van der Waals surface area contributed by atoms with E-state index in [1.54, 1.807) is 32.9 Å². The summed E-state index contributed by atoms with van der Waals surface area (Å²) >= 11 is 0. The SMILES string of the molecule is CC(C)(C)S(=O)(=O)CCOc1cccc(C(=O)O)c1. The zero-order valence-electron chi connectivity index (χ0n) is 11.2. The Balaban J connectivity index is 2.64. The van der Waals surface area contributed by atoms with Gasteiger partial charge in [-0.25, -0.2) is 13.2 Å². The normalized spacial score (nSPS) is 12.2. The van der Waals surface area contributed by atoms with Crippen molar-refractivity contribution < 1.29 is 23.1 Å². The molecular weight excluding hydrogens is 268 g/mol. The second-order valence-electron chi connectivity index (χ2n) is 5.11. The predicted octanol–water partition coefficient (Wildman–Crippen LogP) is 1.98. The Bertz CT molecular complexity index is 555. The fourth-order valence-electron chi connectivity index (χ4n) is 1.29. The van der Waals surface area contributed by atoms with Crippen LogP contribution in [0.15, 0.2) is 24.3 Å². The highest BCUT2D eigenvalue weighted by atomic mass is 32.2. The van der Waals surface area contributed by atoms with Crippen LogP contribution in [0.2, 0.25) is 0 Å². The van der Waals surface area contributed by atoms with E-state index >= 15 is 0 Å². The van der Waals surface area contributed by atoms with Crippen LogP contribution in [0.4, 0.5) is 0 Å². The topological polar surface area (TPSA) is 80.7 Å². The van der Waals surface area contributed by atoms with Crippen LogP contribution < -0.4 is 4.74 Å². The Morgan fingerprint density at radius 1 is 1.32 bits per heavy atom. The first-order valence-electron chi connectivity index (χ1n) is 5.82. The Morgan fingerprint density at radius 3 is 2.47 bits per heavy atom. The fourth-order valence-corrected chi connectivity index (χ4v) is 2.21. The van der Waals surface area contributed by atoms with E-state index in [1.165, 1.54) is 12.1 Å². The zero-order chi connectivity index (χ0) is 14.7. The molecule has 0 bridgehead atoms. The molecule has 6 heteroatoms. The molecule has 0 aliphatic carbocycles. The summed E-state index contributed by atoms with van der Waals surface area (Å²) in [5.74, 6) is -0.801. The number of ether oxygens (including phenoxy) is 1. The molecule has 0 amide bonds. The van der Waals surface area contributed by atoms with Crippen molar-refractivity contribution in [3.8, 4) is 5.75 Å². The van der Waals surface area contributed by atoms with Gasteiger partial charge < -0.3 is 9.84 Å². The number of sulfone groups is 1. The second kappa shape index (κ2) is 5.61. The lowest BCUT2D eigenvalue weighted by Gasteiger charge is -2.19. The Kier molecular flexibility index (Phi) is 4.57. The molecular formula is C13H18O5S. The highest BCUT2D eigenvalue weighted by Crippen LogP contribution is 2.17. The van der Waals surface area contributed by atoms with Crippen LogP contribution in [0, 0.1) is 0 Å². The molecule has 1 rings (SSSR count). The summed E-state index contributed by atoms with van der Waals surface area (Å²) in [6.07, 6.45) is 0. The lowest BCUT2D eigenvalue weighted by atomic mass is 10.2. The van der Waals surface area contributed by atoms with Gasteiger partial charge in [0.25, 0.3) is 0 Å². The summed E-state index contributed by atoms with van der Waals surface area (Å²) in [5, 5.41) is 8.82. The van der Waals surface area contributed by atoms with Crippen molar-refractivity contribution in [1.29, 1.82) is 0 Å². The molecule has 1 N–H and O–H groups in total. The maximum Gasteiger partial charge on any atom is 0.335 e. The van der Waals surface area contributed by atoms with E-state index in [4.69, 9.17) is 9.84 Å². The van der Waals surface area contributed by atoms with Crippen LogP contribution in [-0.4, -0.2) is 36.6 Å². The van der Waals surface area contributed by atoms with Crippen molar-refractivity contribution in [3.05, 3.63) is 29.8 Å². The largest absolute Gasteiger partial charge is 0.493 e. The van der Waals surface area contributed by atoms with E-state index in [0.29, 0.717) is 5.75 Å². The Labute approximate surface area is 113 Å². The maximum absolute atomic E-state index is 11.8. The van der Waals surface area contributed by atoms with Gasteiger partial charge in [0.1, 0.15) is 12.4 Å². The molecule has 106 valence electrons. The maximum atomic E-state index is 11.8. The minimum absolute atomic E-state index is 0.00265. The Hall–Kier alpha value is -1.56. The number of benzene rings is 1. The summed E-state index contributed by atoms with van der Waals surface area (Å²) in [4.78, 5) is 10.8. The predicted molar refractivity (Wildman–Crippen MR) is 72.4 cm³/mol. The van der Waals surface area contributed by atoms with E-state index in [2.05, 4.69) is 0 Å². The van der Waals surface area contributed by atoms with Gasteiger partial charge in [-0.05, 0) is 39.0 Å². The number of aromatic carboxylic acids is 1. The van der Waals surface area contributed by atoms with Crippen molar-refractivity contribution in [3.63, 3.8) is 0 Å². The number of rotatable bonds is 5. The third-order valence-corrected chi connectivity index (χ3v) is 5.20. The van der Waals surface area contributed by atoms with Gasteiger partial charge >= 0.3 is 5.97 Å². The molecule has 0 saturated carbocycles. The molecule has 19 heavy (non-hydrogen) atoms. The smallest absolute Gasteiger partial charge is 0.335 e. The summed E-state index contributed by atoms with van der Waals surface area (Å²) in [6.45, 7) is 4.90. The fraction of sp³-hybridized carbons (Fsp3) is 0.462. The third kappa shape index (κ3) is 4.24. The molecule has 0 aliphatic heterocycles. The molecule has 5 nitrogen and oxygen atoms in total. The molecule has 0 atom stereocenters. The van der Waals surface area contributed by atoms with Gasteiger partial charge in [-0.2, -0.15) is 0 Å². The minimum atomic E-state index is -3.24. The molecule has 0 spiro atoms. The van der Waals surface area contributed by atoms with Crippen LogP contribution in [0.5, 0.6) is 5.75 Å². The standard InChI is InChI=1S/C13H18O5S/c1-13(2,3)19(16,17)8-7-18-11-6-4-5-10(9-11)12(14)15/h4-6,9H,7-8H2,1-3H3,(H,14,15). The van der Waals surface area contributed by atoms with Crippen LogP contribution >= 0.6 is 0 Å². The van der Waals surface area contributed by atoms with E-state index in [1.807, 2.05) is 0 Å². The molecule has 1 aromatic rings. The summed E-state index contributed by atoms with van der Waals surface area (Å²) in [5.41, 5.74) is 0.108. The Morgan fingerprint density at radius 2 is 1.95 bits per heavy atom. The number of hydrogen-bond donors (Lipinski definition) is 1. The summed E-state index contributed by atoms with van der Waals surface area (Å²) < 4.78 is 28.2. The van der Waals surface area contributed by atoms with Gasteiger partial charge in [-0.15, -0.1) is 0 Å². The van der Waals surface area contributed by atoms with Gasteiger partial charge in [0.2, 0.25) is 0 Å². The molecule has 0 aliphatic rings. The highest BCUT2D eigenvalue weighted by Gasteiger charge is 2.28. The van der Waals surface area contributed by atoms with E-state index in [0.717, 1.165) is 0 Å². The van der Waals surface area contributed by atoms with Gasteiger partial charge in [0.15, 0.2) is 9.84 Å². The van der Waals surface area contributed by atoms with Crippen molar-refractivity contribution in [2.45, 2.75) is 25.5 Å². The first-order chi connectivity index (χ1) is 8.63. The molecule has 0 heterocycles. The zero-order valence-corrected chi connectivity index (χ0v) is 12.0. The van der Waals surface area contributed by atoms with Gasteiger partial charge in [0, 0.05) is 0 Å². The third-order valence-electron chi connectivity index (χ3n) is 2.63. The van der Waals surface area contributed by atoms with Crippen LogP contribution in [-0.2, 0) is 9.84 Å². The quantitative estimate of drug-likeness (QED) is 0.895. The second-order valence-corrected chi connectivity index (χ2v) is 7.98. The number of carbonyl (C=O) groups is 1. The van der Waals surface area contributed by atoms with Gasteiger partial charge in [-0.3, -0.25) is 0 Å². The molecule has 0 fully saturated rings. The monoisotopic (exact) mass is 286 g/mol. The van der Waals surface area contributed by atoms with Gasteiger partial charge in [-0.1, -0.05) is 6.07 Å². The molecule has 0 saturated heterocycles. The molecule has 0 aromatic heterocycles. The van der Waals surface area contributed by atoms with E-state index in [-0.39, 0.29) is 17.9 Å². The van der Waals surface area contributed by atoms with Crippen LogP contribution in [0.25, 0.3) is 0 Å². The van der Waals surface area contributed by atoms with Gasteiger partial charge in [0.05, 0.1) is 16.1 Å². The van der Waals surface area contributed by atoms with E-state index < -0.39 is 20.6 Å². The number of hydrogen-bond acceptors (Lipinski definition) is 4. The number of carboxylic acid groups (broad SMARTS) is 1.